The van der Waals surface area contributed by atoms with Crippen molar-refractivity contribution in [2.75, 3.05) is 0 Å². The van der Waals surface area contributed by atoms with Crippen LogP contribution in [0.3, 0.4) is 0 Å². The smallest absolute Gasteiger partial charge is 0.169 e. The minimum absolute atomic E-state index is 0.0777. The molecule has 3 heteroatoms. The van der Waals surface area contributed by atoms with Gasteiger partial charge in [-0.05, 0) is 90.7 Å². The van der Waals surface area contributed by atoms with Crippen molar-refractivity contribution in [1.82, 2.24) is 0 Å². The predicted octanol–water partition coefficient (Wildman–Crippen LogP) is 9.62. The first-order valence-electron chi connectivity index (χ1n) is 15.5. The first-order valence-corrected chi connectivity index (χ1v) is 15.5. The van der Waals surface area contributed by atoms with Crippen molar-refractivity contribution < 1.29 is 14.4 Å². The van der Waals surface area contributed by atoms with Crippen LogP contribution in [0.5, 0.6) is 0 Å². The fourth-order valence-corrected chi connectivity index (χ4v) is 8.39. The Labute approximate surface area is 238 Å². The lowest BCUT2D eigenvalue weighted by Gasteiger charge is -2.41. The summed E-state index contributed by atoms with van der Waals surface area (Å²) >= 11 is 0. The van der Waals surface area contributed by atoms with Gasteiger partial charge in [0.1, 0.15) is 0 Å². The molecule has 0 spiro atoms. The van der Waals surface area contributed by atoms with E-state index in [4.69, 9.17) is 0 Å². The summed E-state index contributed by atoms with van der Waals surface area (Å²) < 4.78 is 0. The molecule has 0 N–H and O–H groups in total. The van der Waals surface area contributed by atoms with Crippen LogP contribution < -0.4 is 0 Å². The van der Waals surface area contributed by atoms with E-state index in [9.17, 15) is 14.4 Å². The van der Waals surface area contributed by atoms with Gasteiger partial charge in [-0.25, -0.2) is 0 Å². The van der Waals surface area contributed by atoms with Crippen LogP contribution in [0.1, 0.15) is 153 Å². The Kier molecular flexibility index (Phi) is 7.06. The number of carbonyl (C=O) groups excluding carboxylic acids is 3. The Bertz CT molecular complexity index is 1040. The maximum Gasteiger partial charge on any atom is 0.169 e. The van der Waals surface area contributed by atoms with Gasteiger partial charge in [0.15, 0.2) is 17.3 Å². The van der Waals surface area contributed by atoms with Crippen LogP contribution in [0.15, 0.2) is 18.2 Å². The van der Waals surface area contributed by atoms with Crippen molar-refractivity contribution in [1.29, 1.82) is 0 Å². The molecule has 0 bridgehead atoms. The van der Waals surface area contributed by atoms with E-state index in [-0.39, 0.29) is 33.6 Å². The van der Waals surface area contributed by atoms with Crippen LogP contribution >= 0.6 is 0 Å². The van der Waals surface area contributed by atoms with Crippen LogP contribution in [-0.2, 0) is 0 Å². The molecule has 6 atom stereocenters. The second kappa shape index (κ2) is 9.12. The minimum Gasteiger partial charge on any atom is -0.294 e. The van der Waals surface area contributed by atoms with Crippen molar-refractivity contribution in [2.45, 2.75) is 122 Å². The second-order valence-corrected chi connectivity index (χ2v) is 16.3. The summed E-state index contributed by atoms with van der Waals surface area (Å²) in [7, 11) is 0. The lowest BCUT2D eigenvalue weighted by molar-refractivity contribution is 0.0539. The SMILES string of the molecule is C[C@@H]1CC[C@](C)(C(=O)c2cc(C(=O)[C@]3(C)CC[C@H](C)C3(C)C)cc(C(=O)[C@]3(C)CC[C@H](C)C3(C)C)c2)C1(C)C. The number of ketones is 3. The quantitative estimate of drug-likeness (QED) is 0.341. The van der Waals surface area contributed by atoms with E-state index >= 15 is 0 Å². The van der Waals surface area contributed by atoms with Gasteiger partial charge in [-0.15, -0.1) is 0 Å². The number of hydrogen-bond donors (Lipinski definition) is 0. The summed E-state index contributed by atoms with van der Waals surface area (Å²) in [5, 5.41) is 0. The molecule has 3 aliphatic rings. The summed E-state index contributed by atoms with van der Waals surface area (Å²) in [6, 6.07) is 5.50. The Morgan fingerprint density at radius 1 is 0.487 bits per heavy atom. The third kappa shape index (κ3) is 3.98. The summed E-state index contributed by atoms with van der Waals surface area (Å²) in [5.74, 6) is 1.52. The molecule has 3 nitrogen and oxygen atoms in total. The molecule has 0 aliphatic heterocycles. The highest BCUT2D eigenvalue weighted by Gasteiger charge is 2.57. The second-order valence-electron chi connectivity index (χ2n) is 16.3. The normalized spacial score (nSPS) is 38.6. The Morgan fingerprint density at radius 2 is 0.692 bits per heavy atom. The lowest BCUT2D eigenvalue weighted by atomic mass is 9.61. The minimum atomic E-state index is -0.537. The van der Waals surface area contributed by atoms with E-state index < -0.39 is 16.2 Å². The summed E-state index contributed by atoms with van der Waals surface area (Å²) in [5.41, 5.74) is -0.510. The standard InChI is InChI=1S/C36H54O3/c1-22-13-16-34(10,31(22,4)5)28(37)25-19-26(29(38)35(11)17-14-23(2)32(35,6)7)21-27(20-25)30(39)36(12)18-15-24(3)33(36,8)9/h19-24H,13-18H2,1-12H3/t22-,23-,24+,34-,35-,36+/m0/s1. The molecule has 0 aromatic heterocycles. The topological polar surface area (TPSA) is 51.2 Å². The number of Topliss-reactive ketones (excluding diaryl/α,β-unsaturated/α-hetero) is 3. The Balaban J connectivity index is 1.88. The molecule has 3 saturated carbocycles. The van der Waals surface area contributed by atoms with Gasteiger partial charge < -0.3 is 0 Å². The van der Waals surface area contributed by atoms with Crippen molar-refractivity contribution in [3.05, 3.63) is 34.9 Å². The van der Waals surface area contributed by atoms with E-state index in [1.807, 2.05) is 18.2 Å². The maximum absolute atomic E-state index is 14.4. The van der Waals surface area contributed by atoms with E-state index in [1.165, 1.54) is 0 Å². The molecule has 0 saturated heterocycles. The first kappa shape index (κ1) is 30.2. The van der Waals surface area contributed by atoms with E-state index in [1.54, 1.807) is 0 Å². The number of rotatable bonds is 6. The summed E-state index contributed by atoms with van der Waals surface area (Å²) in [6.45, 7) is 26.2. The van der Waals surface area contributed by atoms with Gasteiger partial charge in [0.2, 0.25) is 0 Å². The molecule has 1 aromatic rings. The highest BCUT2D eigenvalue weighted by molar-refractivity contribution is 6.10. The van der Waals surface area contributed by atoms with Gasteiger partial charge in [0, 0.05) is 32.9 Å². The maximum atomic E-state index is 14.4. The molecule has 0 unspecified atom stereocenters. The molecule has 0 heterocycles. The molecular formula is C36H54O3. The van der Waals surface area contributed by atoms with Crippen LogP contribution in [0, 0.1) is 50.2 Å². The highest BCUT2D eigenvalue weighted by atomic mass is 16.1. The van der Waals surface area contributed by atoms with E-state index in [2.05, 4.69) is 83.1 Å². The first-order chi connectivity index (χ1) is 17.7. The van der Waals surface area contributed by atoms with Gasteiger partial charge in [-0.1, -0.05) is 83.1 Å². The van der Waals surface area contributed by atoms with E-state index in [0.717, 1.165) is 38.5 Å². The lowest BCUT2D eigenvalue weighted by Crippen LogP contribution is -2.42. The van der Waals surface area contributed by atoms with Crippen molar-refractivity contribution in [3.63, 3.8) is 0 Å². The summed E-state index contributed by atoms with van der Waals surface area (Å²) in [4.78, 5) is 43.3. The van der Waals surface area contributed by atoms with Gasteiger partial charge in [-0.3, -0.25) is 14.4 Å². The molecule has 4 rings (SSSR count). The average Bonchev–Trinajstić information content (AvgIpc) is 3.33. The number of hydrogen-bond acceptors (Lipinski definition) is 3. The zero-order chi connectivity index (χ0) is 29.6. The van der Waals surface area contributed by atoms with Crippen LogP contribution in [-0.4, -0.2) is 17.3 Å². The molecule has 3 fully saturated rings. The third-order valence-electron chi connectivity index (χ3n) is 14.4. The summed E-state index contributed by atoms with van der Waals surface area (Å²) in [6.07, 6.45) is 5.50. The van der Waals surface area contributed by atoms with Gasteiger partial charge in [0.05, 0.1) is 0 Å². The van der Waals surface area contributed by atoms with Gasteiger partial charge in [-0.2, -0.15) is 0 Å². The van der Waals surface area contributed by atoms with Gasteiger partial charge >= 0.3 is 0 Å². The largest absolute Gasteiger partial charge is 0.294 e. The fourth-order valence-electron chi connectivity index (χ4n) is 8.39. The Hall–Kier alpha value is -1.77. The molecule has 3 aliphatic carbocycles. The van der Waals surface area contributed by atoms with Gasteiger partial charge in [0.25, 0.3) is 0 Å². The predicted molar refractivity (Wildman–Crippen MR) is 160 cm³/mol. The van der Waals surface area contributed by atoms with Crippen LogP contribution in [0.2, 0.25) is 0 Å². The molecular weight excluding hydrogens is 480 g/mol. The fraction of sp³-hybridized carbons (Fsp3) is 0.750. The molecule has 39 heavy (non-hydrogen) atoms. The van der Waals surface area contributed by atoms with E-state index in [0.29, 0.717) is 34.4 Å². The molecule has 0 radical (unpaired) electrons. The molecule has 216 valence electrons. The van der Waals surface area contributed by atoms with Crippen molar-refractivity contribution in [3.8, 4) is 0 Å². The monoisotopic (exact) mass is 534 g/mol. The van der Waals surface area contributed by atoms with Crippen LogP contribution in [0.4, 0.5) is 0 Å². The number of benzene rings is 1. The molecule has 0 amide bonds. The van der Waals surface area contributed by atoms with Crippen LogP contribution in [0.25, 0.3) is 0 Å². The number of carbonyl (C=O) groups is 3. The average molecular weight is 535 g/mol. The zero-order valence-electron chi connectivity index (χ0n) is 26.9. The third-order valence-corrected chi connectivity index (χ3v) is 14.4. The zero-order valence-corrected chi connectivity index (χ0v) is 26.9. The Morgan fingerprint density at radius 3 is 0.846 bits per heavy atom. The van der Waals surface area contributed by atoms with Crippen molar-refractivity contribution in [2.24, 2.45) is 50.2 Å². The van der Waals surface area contributed by atoms with Crippen molar-refractivity contribution >= 4 is 17.3 Å². The highest BCUT2D eigenvalue weighted by Crippen LogP contribution is 2.60. The molecule has 1 aromatic carbocycles.